The molecule has 6 heteroatoms. The molecule has 2 bridgehead atoms. The maximum absolute atomic E-state index is 13.9. The molecule has 2 heterocycles. The Bertz CT molecular complexity index is 1120. The molecule has 0 amide bonds. The van der Waals surface area contributed by atoms with Crippen LogP contribution in [0.5, 0.6) is 11.5 Å². The predicted octanol–water partition coefficient (Wildman–Crippen LogP) is 3.51. The maximum Gasteiger partial charge on any atom is 0.200 e. The van der Waals surface area contributed by atoms with E-state index in [9.17, 15) is 4.79 Å². The first-order valence-corrected chi connectivity index (χ1v) is 11.0. The van der Waals surface area contributed by atoms with E-state index in [0.29, 0.717) is 12.2 Å². The summed E-state index contributed by atoms with van der Waals surface area (Å²) < 4.78 is 19.0. The number of hydrogen-bond acceptors (Lipinski definition) is 5. The second-order valence-corrected chi connectivity index (χ2v) is 9.27. The number of carbonyl (C=O) groups is 1. The lowest BCUT2D eigenvalue weighted by molar-refractivity contribution is -0.186. The van der Waals surface area contributed by atoms with Gasteiger partial charge in [-0.2, -0.15) is 0 Å². The summed E-state index contributed by atoms with van der Waals surface area (Å²) in [6.07, 6.45) is 5.86. The van der Waals surface area contributed by atoms with E-state index in [0.717, 1.165) is 36.3 Å². The third-order valence-corrected chi connectivity index (χ3v) is 8.28. The minimum Gasteiger partial charge on any atom is -0.493 e. The molecule has 5 nitrogen and oxygen atoms in total. The summed E-state index contributed by atoms with van der Waals surface area (Å²) in [6.45, 7) is 0.882. The number of piperidine rings is 1. The van der Waals surface area contributed by atoms with Gasteiger partial charge in [-0.15, -0.1) is 12.4 Å². The van der Waals surface area contributed by atoms with Crippen LogP contribution in [0.25, 0.3) is 0 Å². The lowest BCUT2D eigenvalue weighted by Crippen LogP contribution is -2.79. The van der Waals surface area contributed by atoms with Gasteiger partial charge in [-0.25, -0.2) is 0 Å². The fraction of sp³-hybridized carbons (Fsp3) is 0.423. The van der Waals surface area contributed by atoms with E-state index in [1.54, 1.807) is 20.3 Å². The summed E-state index contributed by atoms with van der Waals surface area (Å²) >= 11 is 0. The number of ketones is 1. The van der Waals surface area contributed by atoms with Gasteiger partial charge >= 0.3 is 0 Å². The number of carbonyl (C=O) groups excluding carboxylic acids is 1. The molecule has 6 rings (SSSR count). The average molecular weight is 454 g/mol. The number of rotatable bonds is 4. The second-order valence-electron chi connectivity index (χ2n) is 9.27. The van der Waals surface area contributed by atoms with Crippen molar-refractivity contribution < 1.29 is 19.0 Å². The number of ether oxygens (including phenoxy) is 3. The van der Waals surface area contributed by atoms with Crippen LogP contribution in [0.15, 0.2) is 54.6 Å². The number of methoxy groups -OCH3 is 2. The number of hydrogen-bond donors (Lipinski definition) is 0. The normalized spacial score (nSPS) is 33.8. The van der Waals surface area contributed by atoms with Gasteiger partial charge in [-0.1, -0.05) is 36.4 Å². The van der Waals surface area contributed by atoms with Crippen molar-refractivity contribution in [2.45, 2.75) is 41.9 Å². The van der Waals surface area contributed by atoms with E-state index in [-0.39, 0.29) is 24.2 Å². The molecule has 0 radical (unpaired) electrons. The Hall–Kier alpha value is -2.34. The van der Waals surface area contributed by atoms with Gasteiger partial charge in [0, 0.05) is 25.1 Å². The Morgan fingerprint density at radius 1 is 1.16 bits per heavy atom. The van der Waals surface area contributed by atoms with Crippen LogP contribution in [-0.4, -0.2) is 55.7 Å². The summed E-state index contributed by atoms with van der Waals surface area (Å²) in [7, 11) is 5.60. The molecule has 2 aliphatic heterocycles. The molecule has 1 unspecified atom stereocenters. The molecule has 168 valence electrons. The third-order valence-electron chi connectivity index (χ3n) is 8.28. The zero-order valence-corrected chi connectivity index (χ0v) is 19.4. The lowest BCUT2D eigenvalue weighted by Gasteiger charge is -2.64. The number of nitrogens with zero attached hydrogens (tertiary/aromatic N) is 1. The average Bonchev–Trinajstić information content (AvgIpc) is 3.09. The first-order valence-electron chi connectivity index (χ1n) is 11.0. The van der Waals surface area contributed by atoms with Crippen LogP contribution >= 0.6 is 12.4 Å². The Morgan fingerprint density at radius 2 is 1.94 bits per heavy atom. The summed E-state index contributed by atoms with van der Waals surface area (Å²) in [5.74, 6) is 1.42. The Labute approximate surface area is 194 Å². The standard InChI is InChI=1S/C26H27NO4.ClH/c1-27-14-13-24-22-18-9-10-19(29-2)23(22)31-26(24,16-17-7-5-4-6-8-17)21(28)11-12-25(24,30-3)20(27)15-18;/h4-12,20H,13-16H2,1-3H3;1H/t20-,24-,25-,26?;/m1./s1. The fourth-order valence-corrected chi connectivity index (χ4v) is 7.01. The number of benzene rings is 2. The lowest BCUT2D eigenvalue weighted by atomic mass is 9.45. The molecule has 1 spiro atoms. The highest BCUT2D eigenvalue weighted by molar-refractivity contribution is 6.03. The zero-order chi connectivity index (χ0) is 21.4. The first kappa shape index (κ1) is 21.5. The van der Waals surface area contributed by atoms with Gasteiger partial charge in [-0.05, 0) is 55.8 Å². The van der Waals surface area contributed by atoms with Crippen LogP contribution in [0.3, 0.4) is 0 Å². The molecule has 1 saturated heterocycles. The fourth-order valence-electron chi connectivity index (χ4n) is 7.01. The van der Waals surface area contributed by atoms with Crippen LogP contribution in [0.2, 0.25) is 0 Å². The smallest absolute Gasteiger partial charge is 0.200 e. The molecular weight excluding hydrogens is 426 g/mol. The molecule has 0 N–H and O–H groups in total. The minimum absolute atomic E-state index is 0. The SMILES string of the molecule is COc1ccc2c3c1OC1(Cc4ccccc4)C(=O)C=C[C@@]4(OC)[C@@H](C2)N(C)CC[C@]314.Cl. The van der Waals surface area contributed by atoms with Gasteiger partial charge in [0.05, 0.1) is 12.5 Å². The van der Waals surface area contributed by atoms with Gasteiger partial charge < -0.3 is 14.2 Å². The molecule has 4 aliphatic rings. The van der Waals surface area contributed by atoms with Crippen LogP contribution < -0.4 is 9.47 Å². The molecule has 0 aromatic heterocycles. The van der Waals surface area contributed by atoms with Crippen molar-refractivity contribution in [2.24, 2.45) is 0 Å². The Morgan fingerprint density at radius 3 is 2.66 bits per heavy atom. The summed E-state index contributed by atoms with van der Waals surface area (Å²) in [5.41, 5.74) is 1.12. The predicted molar refractivity (Wildman–Crippen MR) is 124 cm³/mol. The minimum atomic E-state index is -1.06. The molecule has 2 aromatic rings. The molecule has 2 aliphatic carbocycles. The largest absolute Gasteiger partial charge is 0.493 e. The van der Waals surface area contributed by atoms with Crippen LogP contribution in [0.4, 0.5) is 0 Å². The number of likely N-dealkylation sites (tertiary alicyclic amines) is 1. The monoisotopic (exact) mass is 453 g/mol. The second kappa shape index (κ2) is 7.08. The highest BCUT2D eigenvalue weighted by atomic mass is 35.5. The van der Waals surface area contributed by atoms with E-state index in [1.807, 2.05) is 30.3 Å². The van der Waals surface area contributed by atoms with Crippen molar-refractivity contribution in [2.75, 3.05) is 27.8 Å². The molecular formula is C26H28ClNO4. The first-order chi connectivity index (χ1) is 15.0. The summed E-state index contributed by atoms with van der Waals surface area (Å²) in [6, 6.07) is 14.4. The van der Waals surface area contributed by atoms with Crippen molar-refractivity contribution in [1.82, 2.24) is 4.90 Å². The van der Waals surface area contributed by atoms with Crippen molar-refractivity contribution >= 4 is 18.2 Å². The molecule has 1 fully saturated rings. The van der Waals surface area contributed by atoms with Gasteiger partial charge in [0.1, 0.15) is 5.60 Å². The van der Waals surface area contributed by atoms with Crippen molar-refractivity contribution in [3.63, 3.8) is 0 Å². The zero-order valence-electron chi connectivity index (χ0n) is 18.6. The van der Waals surface area contributed by atoms with Crippen molar-refractivity contribution in [3.05, 3.63) is 71.3 Å². The van der Waals surface area contributed by atoms with Crippen LogP contribution in [0.1, 0.15) is 23.1 Å². The van der Waals surface area contributed by atoms with E-state index in [2.05, 4.69) is 30.1 Å². The van der Waals surface area contributed by atoms with E-state index in [1.165, 1.54) is 5.56 Å². The van der Waals surface area contributed by atoms with Crippen LogP contribution in [0, 0.1) is 0 Å². The molecule has 0 saturated carbocycles. The maximum atomic E-state index is 13.9. The molecule has 32 heavy (non-hydrogen) atoms. The molecule has 4 atom stereocenters. The van der Waals surface area contributed by atoms with Gasteiger partial charge in [0.2, 0.25) is 0 Å². The quantitative estimate of drug-likeness (QED) is 0.709. The van der Waals surface area contributed by atoms with E-state index >= 15 is 0 Å². The van der Waals surface area contributed by atoms with Gasteiger partial charge in [0.15, 0.2) is 22.9 Å². The summed E-state index contributed by atoms with van der Waals surface area (Å²) in [4.78, 5) is 16.2. The topological polar surface area (TPSA) is 48.0 Å². The van der Waals surface area contributed by atoms with Crippen molar-refractivity contribution in [3.8, 4) is 11.5 Å². The van der Waals surface area contributed by atoms with E-state index < -0.39 is 16.6 Å². The highest BCUT2D eigenvalue weighted by Gasteiger charge is 2.78. The van der Waals surface area contributed by atoms with Gasteiger partial charge in [-0.3, -0.25) is 9.69 Å². The van der Waals surface area contributed by atoms with E-state index in [4.69, 9.17) is 14.2 Å². The highest BCUT2D eigenvalue weighted by Crippen LogP contribution is 2.68. The third kappa shape index (κ3) is 2.24. The van der Waals surface area contributed by atoms with Gasteiger partial charge in [0.25, 0.3) is 0 Å². The number of halogens is 1. The molecule has 2 aromatic carbocycles. The van der Waals surface area contributed by atoms with Crippen molar-refractivity contribution in [1.29, 1.82) is 0 Å². The van der Waals surface area contributed by atoms with Crippen LogP contribution in [-0.2, 0) is 27.8 Å². The Kier molecular flexibility index (Phi) is 4.76. The summed E-state index contributed by atoms with van der Waals surface area (Å²) in [5, 5.41) is 0. The number of likely N-dealkylation sites (N-methyl/N-ethyl adjacent to an activating group) is 1. The Balaban J connectivity index is 0.00000216.